The van der Waals surface area contributed by atoms with Crippen LogP contribution in [0.25, 0.3) is 11.3 Å². The summed E-state index contributed by atoms with van der Waals surface area (Å²) in [6.45, 7) is 4.64. The molecule has 0 atom stereocenters. The van der Waals surface area contributed by atoms with Crippen molar-refractivity contribution in [1.29, 1.82) is 0 Å². The van der Waals surface area contributed by atoms with Gasteiger partial charge in [-0.15, -0.1) is 0 Å². The fraction of sp³-hybridized carbons (Fsp3) is 0.333. The lowest BCUT2D eigenvalue weighted by Crippen LogP contribution is -2.35. The van der Waals surface area contributed by atoms with Gasteiger partial charge >= 0.3 is 0 Å². The minimum Gasteiger partial charge on any atom is -0.371 e. The second-order valence-electron chi connectivity index (χ2n) is 8.88. The highest BCUT2D eigenvalue weighted by Gasteiger charge is 2.25. The molecule has 3 aromatic rings. The highest BCUT2D eigenvalue weighted by Crippen LogP contribution is 2.44. The lowest BCUT2D eigenvalue weighted by atomic mass is 10.1. The molecule has 2 aliphatic rings. The Hall–Kier alpha value is -2.70. The smallest absolute Gasteiger partial charge is 0.172 e. The number of rotatable bonds is 4. The molecule has 0 amide bonds. The summed E-state index contributed by atoms with van der Waals surface area (Å²) < 4.78 is 40.7. The van der Waals surface area contributed by atoms with Crippen LogP contribution in [0.5, 0.6) is 0 Å². The monoisotopic (exact) mass is 503 g/mol. The van der Waals surface area contributed by atoms with E-state index in [-0.39, 0.29) is 17.1 Å². The van der Waals surface area contributed by atoms with Gasteiger partial charge in [-0.1, -0.05) is 23.7 Å². The van der Waals surface area contributed by atoms with Gasteiger partial charge in [0.25, 0.3) is 0 Å². The summed E-state index contributed by atoms with van der Waals surface area (Å²) >= 11 is 6.07. The maximum absolute atomic E-state index is 14.4. The van der Waals surface area contributed by atoms with Crippen molar-refractivity contribution >= 4 is 36.1 Å². The molecule has 2 aliphatic heterocycles. The van der Waals surface area contributed by atoms with Crippen LogP contribution in [0.2, 0.25) is 5.02 Å². The fourth-order valence-electron chi connectivity index (χ4n) is 4.35. The summed E-state index contributed by atoms with van der Waals surface area (Å²) in [7, 11) is -2.01. The Kier molecular flexibility index (Phi) is 6.21. The standard InChI is InChI=1S/C24H25ClF2N5OP/c1-34(33)11-9-31(10-12-34)17-4-2-3-16(13-17)21-14-29-23-24(30-21)32(8-7-28-23)15-18-19(26)5-6-20(27)22(18)25/h2-6,13-14H,7-12,15H2,1H3,(H,28,29). The largest absolute Gasteiger partial charge is 0.371 e. The van der Waals surface area contributed by atoms with E-state index in [9.17, 15) is 13.3 Å². The number of fused-ring (bicyclic) bond motifs is 1. The average molecular weight is 504 g/mol. The maximum Gasteiger partial charge on any atom is 0.172 e. The third-order valence-electron chi connectivity index (χ3n) is 6.41. The molecule has 178 valence electrons. The molecule has 5 rings (SSSR count). The fourth-order valence-corrected chi connectivity index (χ4v) is 6.11. The first-order chi connectivity index (χ1) is 16.3. The Morgan fingerprint density at radius 1 is 1.12 bits per heavy atom. The Labute approximate surface area is 202 Å². The van der Waals surface area contributed by atoms with Crippen LogP contribution in [0, 0.1) is 11.6 Å². The molecule has 10 heteroatoms. The van der Waals surface area contributed by atoms with E-state index >= 15 is 0 Å². The predicted molar refractivity (Wildman–Crippen MR) is 134 cm³/mol. The first kappa shape index (κ1) is 23.1. The average Bonchev–Trinajstić information content (AvgIpc) is 2.84. The first-order valence-corrected chi connectivity index (χ1v) is 14.1. The van der Waals surface area contributed by atoms with Crippen molar-refractivity contribution in [3.63, 3.8) is 0 Å². The van der Waals surface area contributed by atoms with Crippen LogP contribution in [0.3, 0.4) is 0 Å². The van der Waals surface area contributed by atoms with Crippen LogP contribution >= 0.6 is 18.7 Å². The number of hydrogen-bond donors (Lipinski definition) is 1. The van der Waals surface area contributed by atoms with E-state index in [0.29, 0.717) is 30.4 Å². The van der Waals surface area contributed by atoms with Gasteiger partial charge in [0.05, 0.1) is 24.1 Å². The van der Waals surface area contributed by atoms with Gasteiger partial charge in [-0.2, -0.15) is 0 Å². The van der Waals surface area contributed by atoms with Gasteiger partial charge in [0, 0.05) is 61.9 Å². The van der Waals surface area contributed by atoms with Gasteiger partial charge in [-0.05, 0) is 30.9 Å². The molecule has 0 aliphatic carbocycles. The van der Waals surface area contributed by atoms with Crippen LogP contribution < -0.4 is 15.1 Å². The highest BCUT2D eigenvalue weighted by molar-refractivity contribution is 7.63. The van der Waals surface area contributed by atoms with Gasteiger partial charge in [-0.25, -0.2) is 18.7 Å². The SMILES string of the molecule is CP1(=O)CCN(c2cccc(-c3cnc4c(n3)N(Cc3c(F)ccc(F)c3Cl)CCN4)c2)CC1. The molecule has 0 spiro atoms. The summed E-state index contributed by atoms with van der Waals surface area (Å²) in [6.07, 6.45) is 3.14. The van der Waals surface area contributed by atoms with Crippen molar-refractivity contribution in [2.75, 3.05) is 60.3 Å². The van der Waals surface area contributed by atoms with Crippen molar-refractivity contribution < 1.29 is 13.3 Å². The summed E-state index contributed by atoms with van der Waals surface area (Å²) in [5.41, 5.74) is 2.74. The van der Waals surface area contributed by atoms with E-state index in [1.165, 1.54) is 0 Å². The lowest BCUT2D eigenvalue weighted by molar-refractivity contribution is 0.572. The van der Waals surface area contributed by atoms with E-state index in [1.807, 2.05) is 29.8 Å². The molecule has 0 saturated carbocycles. The van der Waals surface area contributed by atoms with Crippen molar-refractivity contribution in [3.05, 3.63) is 64.8 Å². The van der Waals surface area contributed by atoms with Gasteiger partial charge < -0.3 is 19.7 Å². The molecule has 1 aromatic heterocycles. The molecule has 0 unspecified atom stereocenters. The van der Waals surface area contributed by atoms with Crippen LogP contribution in [-0.2, 0) is 11.1 Å². The molecule has 2 aromatic carbocycles. The summed E-state index contributed by atoms with van der Waals surface area (Å²) in [5, 5.41) is 3.00. The van der Waals surface area contributed by atoms with Crippen molar-refractivity contribution in [3.8, 4) is 11.3 Å². The molecule has 1 fully saturated rings. The zero-order valence-electron chi connectivity index (χ0n) is 18.8. The number of anilines is 3. The molecular weight excluding hydrogens is 479 g/mol. The Morgan fingerprint density at radius 3 is 2.68 bits per heavy atom. The third-order valence-corrected chi connectivity index (χ3v) is 9.11. The van der Waals surface area contributed by atoms with Gasteiger partial charge in [0.2, 0.25) is 0 Å². The molecule has 1 N–H and O–H groups in total. The van der Waals surface area contributed by atoms with E-state index in [1.54, 1.807) is 6.20 Å². The molecule has 3 heterocycles. The lowest BCUT2D eigenvalue weighted by Gasteiger charge is -2.32. The Bertz CT molecular complexity index is 1280. The van der Waals surface area contributed by atoms with Crippen LogP contribution in [0.4, 0.5) is 26.1 Å². The van der Waals surface area contributed by atoms with E-state index in [0.717, 1.165) is 48.8 Å². The quantitative estimate of drug-likeness (QED) is 0.384. The topological polar surface area (TPSA) is 61.4 Å². The highest BCUT2D eigenvalue weighted by atomic mass is 35.5. The van der Waals surface area contributed by atoms with E-state index < -0.39 is 18.8 Å². The summed E-state index contributed by atoms with van der Waals surface area (Å²) in [5.74, 6) is -0.0451. The first-order valence-electron chi connectivity index (χ1n) is 11.2. The molecule has 0 radical (unpaired) electrons. The second-order valence-corrected chi connectivity index (χ2v) is 12.7. The number of benzene rings is 2. The number of nitrogens with zero attached hydrogens (tertiary/aromatic N) is 4. The molecule has 6 nitrogen and oxygen atoms in total. The minimum atomic E-state index is -2.01. The van der Waals surface area contributed by atoms with Crippen molar-refractivity contribution in [1.82, 2.24) is 9.97 Å². The number of nitrogens with one attached hydrogen (secondary N) is 1. The van der Waals surface area contributed by atoms with E-state index in [4.69, 9.17) is 16.6 Å². The molecule has 34 heavy (non-hydrogen) atoms. The van der Waals surface area contributed by atoms with Gasteiger partial charge in [-0.3, -0.25) is 0 Å². The zero-order valence-corrected chi connectivity index (χ0v) is 20.4. The predicted octanol–water partition coefficient (Wildman–Crippen LogP) is 5.32. The normalized spacial score (nSPS) is 17.3. The molecule has 1 saturated heterocycles. The maximum atomic E-state index is 14.4. The molecule has 0 bridgehead atoms. The van der Waals surface area contributed by atoms with Crippen LogP contribution in [0.15, 0.2) is 42.6 Å². The number of aromatic nitrogens is 2. The molecular formula is C24H25ClF2N5OP. The zero-order chi connectivity index (χ0) is 23.9. The number of halogens is 3. The minimum absolute atomic E-state index is 0.0835. The van der Waals surface area contributed by atoms with Crippen LogP contribution in [-0.4, -0.2) is 55.1 Å². The van der Waals surface area contributed by atoms with E-state index in [2.05, 4.69) is 21.3 Å². The number of hydrogen-bond acceptors (Lipinski definition) is 6. The second kappa shape index (κ2) is 9.16. The van der Waals surface area contributed by atoms with Crippen molar-refractivity contribution in [2.45, 2.75) is 6.54 Å². The van der Waals surface area contributed by atoms with Gasteiger partial charge in [0.15, 0.2) is 11.6 Å². The third kappa shape index (κ3) is 4.62. The van der Waals surface area contributed by atoms with Crippen LogP contribution in [0.1, 0.15) is 5.56 Å². The summed E-state index contributed by atoms with van der Waals surface area (Å²) in [6, 6.07) is 10.2. The summed E-state index contributed by atoms with van der Waals surface area (Å²) in [4.78, 5) is 13.5. The Morgan fingerprint density at radius 2 is 1.88 bits per heavy atom. The van der Waals surface area contributed by atoms with Gasteiger partial charge in [0.1, 0.15) is 11.6 Å². The Balaban J connectivity index is 1.44. The van der Waals surface area contributed by atoms with Crippen molar-refractivity contribution in [2.24, 2.45) is 0 Å².